The molecule has 0 spiro atoms. The van der Waals surface area contributed by atoms with Crippen molar-refractivity contribution in [3.8, 4) is 5.75 Å². The molecule has 1 N–H and O–H groups in total. The van der Waals surface area contributed by atoms with Gasteiger partial charge in [0.25, 0.3) is 0 Å². The minimum atomic E-state index is -0.757. The number of carbonyl (C=O) groups is 1. The lowest BCUT2D eigenvalue weighted by atomic mass is 10.0. The van der Waals surface area contributed by atoms with Crippen LogP contribution in [0.2, 0.25) is 0 Å². The predicted octanol–water partition coefficient (Wildman–Crippen LogP) is 5.47. The molecule has 166 valence electrons. The van der Waals surface area contributed by atoms with Gasteiger partial charge in [-0.3, -0.25) is 9.69 Å². The molecule has 1 aromatic carbocycles. The summed E-state index contributed by atoms with van der Waals surface area (Å²) in [6.07, 6.45) is 7.67. The minimum absolute atomic E-state index is 0. The van der Waals surface area contributed by atoms with Crippen molar-refractivity contribution in [3.05, 3.63) is 29.8 Å². The molecule has 1 aliphatic heterocycles. The summed E-state index contributed by atoms with van der Waals surface area (Å²) in [5, 5.41) is 8.96. The highest BCUT2D eigenvalue weighted by Crippen LogP contribution is 2.31. The Morgan fingerprint density at radius 3 is 2.48 bits per heavy atom. The number of hydrogen-bond donors (Lipinski definition) is 1. The maximum atomic E-state index is 10.9. The van der Waals surface area contributed by atoms with Gasteiger partial charge in [0.05, 0.1) is 24.7 Å². The van der Waals surface area contributed by atoms with Crippen molar-refractivity contribution in [2.24, 2.45) is 0 Å². The first-order valence-corrected chi connectivity index (χ1v) is 10.7. The highest BCUT2D eigenvalue weighted by molar-refractivity contribution is 5.85. The normalized spacial score (nSPS) is 18.8. The average Bonchev–Trinajstić information content (AvgIpc) is 2.65. The molecule has 1 heterocycles. The molecule has 1 aromatic rings. The first kappa shape index (κ1) is 25.7. The van der Waals surface area contributed by atoms with E-state index >= 15 is 0 Å². The molecule has 1 aliphatic rings. The third kappa shape index (κ3) is 9.83. The monoisotopic (exact) mass is 427 g/mol. The van der Waals surface area contributed by atoms with Crippen LogP contribution >= 0.6 is 12.4 Å². The number of halogens is 1. The van der Waals surface area contributed by atoms with Crippen LogP contribution in [0.1, 0.15) is 77.4 Å². The fourth-order valence-electron chi connectivity index (χ4n) is 3.75. The van der Waals surface area contributed by atoms with Gasteiger partial charge in [-0.15, -0.1) is 12.4 Å². The Hall–Kier alpha value is -1.30. The Balaban J connectivity index is 0.00000420. The highest BCUT2D eigenvalue weighted by atomic mass is 35.5. The van der Waals surface area contributed by atoms with Gasteiger partial charge >= 0.3 is 5.97 Å². The molecule has 0 amide bonds. The van der Waals surface area contributed by atoms with Crippen molar-refractivity contribution in [2.75, 3.05) is 26.2 Å². The second-order valence-electron chi connectivity index (χ2n) is 8.43. The van der Waals surface area contributed by atoms with Crippen LogP contribution in [0.5, 0.6) is 5.75 Å². The summed E-state index contributed by atoms with van der Waals surface area (Å²) in [4.78, 5) is 13.1. The quantitative estimate of drug-likeness (QED) is 0.448. The minimum Gasteiger partial charge on any atom is -0.494 e. The largest absolute Gasteiger partial charge is 0.494 e. The van der Waals surface area contributed by atoms with Gasteiger partial charge in [0.15, 0.2) is 0 Å². The molecule has 0 bridgehead atoms. The summed E-state index contributed by atoms with van der Waals surface area (Å²) in [6, 6.07) is 8.16. The van der Waals surface area contributed by atoms with E-state index in [9.17, 15) is 4.79 Å². The fourth-order valence-corrected chi connectivity index (χ4v) is 3.75. The second kappa shape index (κ2) is 13.1. The molecule has 29 heavy (non-hydrogen) atoms. The van der Waals surface area contributed by atoms with Gasteiger partial charge in [-0.25, -0.2) is 0 Å². The van der Waals surface area contributed by atoms with Crippen LogP contribution in [0, 0.1) is 0 Å². The van der Waals surface area contributed by atoms with Crippen molar-refractivity contribution in [3.63, 3.8) is 0 Å². The number of unbranched alkanes of at least 4 members (excludes halogenated alkanes) is 5. The average molecular weight is 428 g/mol. The molecule has 1 atom stereocenters. The van der Waals surface area contributed by atoms with Gasteiger partial charge in [0.1, 0.15) is 5.75 Å². The lowest BCUT2D eigenvalue weighted by Gasteiger charge is -2.43. The number of ether oxygens (including phenoxy) is 2. The van der Waals surface area contributed by atoms with Crippen molar-refractivity contribution < 1.29 is 19.4 Å². The van der Waals surface area contributed by atoms with Crippen LogP contribution in [0.4, 0.5) is 0 Å². The van der Waals surface area contributed by atoms with Gasteiger partial charge < -0.3 is 14.6 Å². The van der Waals surface area contributed by atoms with Crippen LogP contribution in [-0.4, -0.2) is 47.8 Å². The smallest absolute Gasteiger partial charge is 0.304 e. The SMILES string of the molecule is CCCCCCCCOc1ccc(C2CN(CCC(=O)O)CC(C)(C)O2)cc1.Cl. The van der Waals surface area contributed by atoms with E-state index in [1.807, 2.05) is 12.1 Å². The number of carboxylic acids is 1. The first-order valence-electron chi connectivity index (χ1n) is 10.7. The molecule has 1 unspecified atom stereocenters. The number of hydrogen-bond acceptors (Lipinski definition) is 4. The van der Waals surface area contributed by atoms with Crippen molar-refractivity contribution in [2.45, 2.75) is 77.4 Å². The van der Waals surface area contributed by atoms with Crippen LogP contribution in [0.25, 0.3) is 0 Å². The van der Waals surface area contributed by atoms with Crippen molar-refractivity contribution in [1.82, 2.24) is 4.90 Å². The van der Waals surface area contributed by atoms with Gasteiger partial charge in [-0.1, -0.05) is 51.2 Å². The van der Waals surface area contributed by atoms with E-state index < -0.39 is 5.97 Å². The lowest BCUT2D eigenvalue weighted by molar-refractivity contribution is -0.146. The maximum absolute atomic E-state index is 10.9. The van der Waals surface area contributed by atoms with E-state index in [1.54, 1.807) is 0 Å². The lowest BCUT2D eigenvalue weighted by Crippen LogP contribution is -2.49. The Kier molecular flexibility index (Phi) is 11.6. The predicted molar refractivity (Wildman–Crippen MR) is 119 cm³/mol. The summed E-state index contributed by atoms with van der Waals surface area (Å²) in [7, 11) is 0. The van der Waals surface area contributed by atoms with E-state index in [4.69, 9.17) is 14.6 Å². The molecule has 0 saturated carbocycles. The molecule has 0 aliphatic carbocycles. The van der Waals surface area contributed by atoms with E-state index in [0.29, 0.717) is 13.1 Å². The number of nitrogens with zero attached hydrogens (tertiary/aromatic N) is 1. The third-order valence-electron chi connectivity index (χ3n) is 5.15. The summed E-state index contributed by atoms with van der Waals surface area (Å²) in [5.74, 6) is 0.142. The fraction of sp³-hybridized carbons (Fsp3) is 0.696. The maximum Gasteiger partial charge on any atom is 0.304 e. The van der Waals surface area contributed by atoms with Crippen molar-refractivity contribution in [1.29, 1.82) is 0 Å². The van der Waals surface area contributed by atoms with Crippen LogP contribution in [0.3, 0.4) is 0 Å². The number of rotatable bonds is 12. The molecule has 6 heteroatoms. The van der Waals surface area contributed by atoms with E-state index in [0.717, 1.165) is 30.9 Å². The van der Waals surface area contributed by atoms with Gasteiger partial charge in [-0.05, 0) is 38.0 Å². The standard InChI is InChI=1S/C23H37NO4.ClH/c1-4-5-6-7-8-9-16-27-20-12-10-19(11-13-20)21-17-24(15-14-22(25)26)18-23(2,3)28-21;/h10-13,21H,4-9,14-18H2,1-3H3,(H,25,26);1H. The first-order chi connectivity index (χ1) is 13.4. The number of aliphatic carboxylic acids is 1. The molecule has 2 rings (SSSR count). The van der Waals surface area contributed by atoms with Crippen molar-refractivity contribution >= 4 is 18.4 Å². The van der Waals surface area contributed by atoms with E-state index in [1.165, 1.54) is 32.1 Å². The Morgan fingerprint density at radius 1 is 1.17 bits per heavy atom. The Morgan fingerprint density at radius 2 is 1.83 bits per heavy atom. The van der Waals surface area contributed by atoms with E-state index in [-0.39, 0.29) is 30.5 Å². The number of carboxylic acid groups (broad SMARTS) is 1. The molecule has 1 saturated heterocycles. The highest BCUT2D eigenvalue weighted by Gasteiger charge is 2.34. The summed E-state index contributed by atoms with van der Waals surface area (Å²) >= 11 is 0. The zero-order valence-electron chi connectivity index (χ0n) is 18.2. The summed E-state index contributed by atoms with van der Waals surface area (Å²) < 4.78 is 12.1. The number of benzene rings is 1. The Bertz CT molecular complexity index is 591. The summed E-state index contributed by atoms with van der Waals surface area (Å²) in [5.41, 5.74) is 0.814. The van der Waals surface area contributed by atoms with E-state index in [2.05, 4.69) is 37.8 Å². The zero-order chi connectivity index (χ0) is 20.4. The van der Waals surface area contributed by atoms with Gasteiger partial charge in [0, 0.05) is 19.6 Å². The molecule has 0 aromatic heterocycles. The summed E-state index contributed by atoms with van der Waals surface area (Å²) in [6.45, 7) is 9.14. The van der Waals surface area contributed by atoms with Crippen LogP contribution in [-0.2, 0) is 9.53 Å². The van der Waals surface area contributed by atoms with Crippen LogP contribution in [0.15, 0.2) is 24.3 Å². The number of morpholine rings is 1. The zero-order valence-corrected chi connectivity index (χ0v) is 19.0. The second-order valence-corrected chi connectivity index (χ2v) is 8.43. The molecule has 1 fully saturated rings. The topological polar surface area (TPSA) is 59.0 Å². The molecule has 5 nitrogen and oxygen atoms in total. The molecular weight excluding hydrogens is 390 g/mol. The van der Waals surface area contributed by atoms with Crippen LogP contribution < -0.4 is 4.74 Å². The molecule has 0 radical (unpaired) electrons. The Labute approximate surface area is 182 Å². The van der Waals surface area contributed by atoms with Gasteiger partial charge in [0.2, 0.25) is 0 Å². The van der Waals surface area contributed by atoms with Gasteiger partial charge in [-0.2, -0.15) is 0 Å². The third-order valence-corrected chi connectivity index (χ3v) is 5.15. The molecular formula is C23H38ClNO4.